The Labute approximate surface area is 111 Å². The van der Waals surface area contributed by atoms with Crippen molar-refractivity contribution in [3.05, 3.63) is 42.0 Å². The number of nitrogens with two attached hydrogens (primary N) is 1. The molecule has 3 N–H and O–H groups in total. The highest BCUT2D eigenvalue weighted by atomic mass is 16.2. The number of rotatable bonds is 2. The number of nitrogens with one attached hydrogen (secondary N) is 1. The van der Waals surface area contributed by atoms with E-state index in [2.05, 4.69) is 17.5 Å². The standard InChI is InChI=1S/C15H16N2O2/c16-13-4-2-1-3-11(13)14(18)17-15(19)12-8-9-5-6-10(12)7-9/h1-6,9-10,12H,7-8,16H2,(H,17,18,19). The molecule has 3 rings (SSSR count). The molecule has 0 saturated heterocycles. The summed E-state index contributed by atoms with van der Waals surface area (Å²) in [5.41, 5.74) is 6.47. The molecular formula is C15H16N2O2. The van der Waals surface area contributed by atoms with E-state index in [0.29, 0.717) is 23.1 Å². The van der Waals surface area contributed by atoms with Gasteiger partial charge in [-0.3, -0.25) is 14.9 Å². The first-order valence-electron chi connectivity index (χ1n) is 6.53. The van der Waals surface area contributed by atoms with E-state index in [9.17, 15) is 9.59 Å². The van der Waals surface area contributed by atoms with Crippen molar-refractivity contribution < 1.29 is 9.59 Å². The van der Waals surface area contributed by atoms with Crippen LogP contribution in [0.5, 0.6) is 0 Å². The minimum Gasteiger partial charge on any atom is -0.398 e. The van der Waals surface area contributed by atoms with Gasteiger partial charge in [-0.25, -0.2) is 0 Å². The molecular weight excluding hydrogens is 240 g/mol. The van der Waals surface area contributed by atoms with Crippen molar-refractivity contribution in [2.24, 2.45) is 17.8 Å². The van der Waals surface area contributed by atoms with Crippen molar-refractivity contribution in [3.8, 4) is 0 Å². The molecule has 2 bridgehead atoms. The minimum atomic E-state index is -0.408. The van der Waals surface area contributed by atoms with Gasteiger partial charge >= 0.3 is 0 Å². The van der Waals surface area contributed by atoms with Crippen LogP contribution in [0.25, 0.3) is 0 Å². The highest BCUT2D eigenvalue weighted by Gasteiger charge is 2.40. The number of fused-ring (bicyclic) bond motifs is 2. The van der Waals surface area contributed by atoms with Crippen LogP contribution in [0.3, 0.4) is 0 Å². The molecule has 3 atom stereocenters. The normalized spacial score (nSPS) is 27.5. The van der Waals surface area contributed by atoms with Gasteiger partial charge < -0.3 is 5.73 Å². The lowest BCUT2D eigenvalue weighted by Gasteiger charge is -2.17. The van der Waals surface area contributed by atoms with Gasteiger partial charge in [-0.1, -0.05) is 24.3 Å². The van der Waals surface area contributed by atoms with E-state index in [-0.39, 0.29) is 11.8 Å². The summed E-state index contributed by atoms with van der Waals surface area (Å²) in [7, 11) is 0. The van der Waals surface area contributed by atoms with Gasteiger partial charge in [-0.05, 0) is 36.8 Å². The Morgan fingerprint density at radius 1 is 1.16 bits per heavy atom. The first-order valence-corrected chi connectivity index (χ1v) is 6.53. The number of hydrogen-bond donors (Lipinski definition) is 2. The molecule has 1 aromatic carbocycles. The average Bonchev–Trinajstić information content (AvgIpc) is 3.01. The Kier molecular flexibility index (Phi) is 2.85. The van der Waals surface area contributed by atoms with E-state index in [4.69, 9.17) is 5.73 Å². The molecule has 0 radical (unpaired) electrons. The number of benzene rings is 1. The maximum Gasteiger partial charge on any atom is 0.259 e. The molecule has 0 spiro atoms. The summed E-state index contributed by atoms with van der Waals surface area (Å²) in [6.07, 6.45) is 6.16. The lowest BCUT2D eigenvalue weighted by atomic mass is 9.93. The third-order valence-electron chi connectivity index (χ3n) is 4.06. The number of anilines is 1. The van der Waals surface area contributed by atoms with Gasteiger partial charge in [0.15, 0.2) is 0 Å². The molecule has 0 aromatic heterocycles. The average molecular weight is 256 g/mol. The number of imide groups is 1. The summed E-state index contributed by atoms with van der Waals surface area (Å²) in [6, 6.07) is 6.77. The lowest BCUT2D eigenvalue weighted by molar-refractivity contribution is -0.124. The largest absolute Gasteiger partial charge is 0.398 e. The zero-order valence-electron chi connectivity index (χ0n) is 10.5. The molecule has 2 amide bonds. The lowest BCUT2D eigenvalue weighted by Crippen LogP contribution is -2.37. The molecule has 0 aliphatic heterocycles. The van der Waals surface area contributed by atoms with E-state index >= 15 is 0 Å². The van der Waals surface area contributed by atoms with Crippen molar-refractivity contribution in [1.29, 1.82) is 0 Å². The molecule has 1 saturated carbocycles. The van der Waals surface area contributed by atoms with Gasteiger partial charge in [0.1, 0.15) is 0 Å². The molecule has 19 heavy (non-hydrogen) atoms. The summed E-state index contributed by atoms with van der Waals surface area (Å²) < 4.78 is 0. The van der Waals surface area contributed by atoms with E-state index in [1.54, 1.807) is 24.3 Å². The van der Waals surface area contributed by atoms with Crippen molar-refractivity contribution in [2.75, 3.05) is 5.73 Å². The smallest absolute Gasteiger partial charge is 0.259 e. The Bertz CT molecular complexity index is 565. The fourth-order valence-electron chi connectivity index (χ4n) is 3.06. The molecule has 98 valence electrons. The minimum absolute atomic E-state index is 0.0658. The first kappa shape index (κ1) is 12.0. The molecule has 4 nitrogen and oxygen atoms in total. The zero-order chi connectivity index (χ0) is 13.4. The van der Waals surface area contributed by atoms with Crippen LogP contribution in [0.1, 0.15) is 23.2 Å². The van der Waals surface area contributed by atoms with Crippen LogP contribution in [0.15, 0.2) is 36.4 Å². The highest BCUT2D eigenvalue weighted by Crippen LogP contribution is 2.43. The number of carbonyl (C=O) groups excluding carboxylic acids is 2. The van der Waals surface area contributed by atoms with Crippen LogP contribution < -0.4 is 11.1 Å². The summed E-state index contributed by atoms with van der Waals surface area (Å²) >= 11 is 0. The van der Waals surface area contributed by atoms with Crippen LogP contribution >= 0.6 is 0 Å². The molecule has 1 aromatic rings. The number of hydrogen-bond acceptors (Lipinski definition) is 3. The summed E-state index contributed by atoms with van der Waals surface area (Å²) in [5, 5.41) is 2.47. The second-order valence-corrected chi connectivity index (χ2v) is 5.29. The molecule has 2 aliphatic rings. The Hall–Kier alpha value is -2.10. The Morgan fingerprint density at radius 2 is 1.95 bits per heavy atom. The van der Waals surface area contributed by atoms with E-state index in [1.807, 2.05) is 0 Å². The third-order valence-corrected chi connectivity index (χ3v) is 4.06. The van der Waals surface area contributed by atoms with Crippen LogP contribution in [-0.2, 0) is 4.79 Å². The quantitative estimate of drug-likeness (QED) is 0.481. The van der Waals surface area contributed by atoms with Crippen LogP contribution in [0, 0.1) is 17.8 Å². The summed E-state index contributed by atoms with van der Waals surface area (Å²) in [5.74, 6) is 0.160. The summed E-state index contributed by atoms with van der Waals surface area (Å²) in [4.78, 5) is 24.1. The van der Waals surface area contributed by atoms with Gasteiger partial charge in [0.05, 0.1) is 5.56 Å². The number of nitrogen functional groups attached to an aromatic ring is 1. The maximum absolute atomic E-state index is 12.1. The van der Waals surface area contributed by atoms with E-state index < -0.39 is 5.91 Å². The van der Waals surface area contributed by atoms with Crippen molar-refractivity contribution in [2.45, 2.75) is 12.8 Å². The van der Waals surface area contributed by atoms with Gasteiger partial charge in [-0.2, -0.15) is 0 Å². The maximum atomic E-state index is 12.1. The van der Waals surface area contributed by atoms with Crippen LogP contribution in [0.4, 0.5) is 5.69 Å². The van der Waals surface area contributed by atoms with E-state index in [0.717, 1.165) is 12.8 Å². The molecule has 0 heterocycles. The molecule has 1 fully saturated rings. The topological polar surface area (TPSA) is 72.2 Å². The number of amides is 2. The fourth-order valence-corrected chi connectivity index (χ4v) is 3.06. The second kappa shape index (κ2) is 4.53. The fraction of sp³-hybridized carbons (Fsp3) is 0.333. The number of allylic oxidation sites excluding steroid dienone is 2. The van der Waals surface area contributed by atoms with Crippen molar-refractivity contribution in [1.82, 2.24) is 5.32 Å². The first-order chi connectivity index (χ1) is 9.15. The third kappa shape index (κ3) is 2.14. The summed E-state index contributed by atoms with van der Waals surface area (Å²) in [6.45, 7) is 0. The predicted molar refractivity (Wildman–Crippen MR) is 72.2 cm³/mol. The monoisotopic (exact) mass is 256 g/mol. The highest BCUT2D eigenvalue weighted by molar-refractivity contribution is 6.08. The Morgan fingerprint density at radius 3 is 2.58 bits per heavy atom. The van der Waals surface area contributed by atoms with Crippen molar-refractivity contribution in [3.63, 3.8) is 0 Å². The van der Waals surface area contributed by atoms with Crippen LogP contribution in [-0.4, -0.2) is 11.8 Å². The van der Waals surface area contributed by atoms with E-state index in [1.165, 1.54) is 0 Å². The van der Waals surface area contributed by atoms with Crippen molar-refractivity contribution >= 4 is 17.5 Å². The van der Waals surface area contributed by atoms with Gasteiger partial charge in [0, 0.05) is 11.6 Å². The molecule has 4 heteroatoms. The Balaban J connectivity index is 1.69. The number of carbonyl (C=O) groups is 2. The van der Waals surface area contributed by atoms with Gasteiger partial charge in [0.25, 0.3) is 5.91 Å². The van der Waals surface area contributed by atoms with Gasteiger partial charge in [0.2, 0.25) is 5.91 Å². The SMILES string of the molecule is Nc1ccccc1C(=O)NC(=O)C1CC2C=CC1C2. The predicted octanol–water partition coefficient (Wildman–Crippen LogP) is 1.74. The molecule has 2 aliphatic carbocycles. The van der Waals surface area contributed by atoms with Crippen LogP contribution in [0.2, 0.25) is 0 Å². The van der Waals surface area contributed by atoms with Gasteiger partial charge in [-0.15, -0.1) is 0 Å². The zero-order valence-corrected chi connectivity index (χ0v) is 10.5. The second-order valence-electron chi connectivity index (χ2n) is 5.29. The number of para-hydroxylation sites is 1. The molecule has 3 unspecified atom stereocenters.